The Bertz CT molecular complexity index is 1040. The van der Waals surface area contributed by atoms with Crippen LogP contribution in [0.25, 0.3) is 0 Å². The largest absolute Gasteiger partial charge is 0.482 e. The zero-order valence-corrected chi connectivity index (χ0v) is 18.4. The van der Waals surface area contributed by atoms with E-state index in [2.05, 4.69) is 5.32 Å². The van der Waals surface area contributed by atoms with Gasteiger partial charge in [-0.1, -0.05) is 66.2 Å². The summed E-state index contributed by atoms with van der Waals surface area (Å²) in [6.07, 6.45) is 0. The van der Waals surface area contributed by atoms with Crippen molar-refractivity contribution in [3.05, 3.63) is 101 Å². The predicted molar refractivity (Wildman–Crippen MR) is 122 cm³/mol. The SMILES string of the molecule is CCNC(=O)[C@@H](c1ccccc1)N(Cc1ccc(F)cc1)C(=O)COc1ccccc1Cl. The zero-order chi connectivity index (χ0) is 22.9. The van der Waals surface area contributed by atoms with E-state index in [1.165, 1.54) is 17.0 Å². The molecule has 0 radical (unpaired) electrons. The van der Waals surface area contributed by atoms with Gasteiger partial charge in [-0.05, 0) is 42.3 Å². The van der Waals surface area contributed by atoms with Crippen molar-refractivity contribution in [1.29, 1.82) is 0 Å². The van der Waals surface area contributed by atoms with E-state index in [0.717, 1.165) is 0 Å². The van der Waals surface area contributed by atoms with Gasteiger partial charge in [-0.2, -0.15) is 0 Å². The lowest BCUT2D eigenvalue weighted by molar-refractivity contribution is -0.143. The van der Waals surface area contributed by atoms with Crippen molar-refractivity contribution in [2.75, 3.05) is 13.2 Å². The number of amides is 2. The zero-order valence-electron chi connectivity index (χ0n) is 17.6. The smallest absolute Gasteiger partial charge is 0.261 e. The second kappa shape index (κ2) is 11.3. The monoisotopic (exact) mass is 454 g/mol. The summed E-state index contributed by atoms with van der Waals surface area (Å²) in [5.74, 6) is -0.725. The van der Waals surface area contributed by atoms with Crippen molar-refractivity contribution in [3.8, 4) is 5.75 Å². The molecule has 0 aromatic heterocycles. The first-order chi connectivity index (χ1) is 15.5. The number of nitrogens with zero attached hydrogens (tertiary/aromatic N) is 1. The molecule has 0 heterocycles. The summed E-state index contributed by atoms with van der Waals surface area (Å²) in [6, 6.07) is 20.8. The number of carbonyl (C=O) groups is 2. The lowest BCUT2D eigenvalue weighted by Gasteiger charge is -2.31. The number of nitrogens with one attached hydrogen (secondary N) is 1. The van der Waals surface area contributed by atoms with Gasteiger partial charge in [-0.25, -0.2) is 4.39 Å². The molecule has 5 nitrogen and oxygen atoms in total. The first-order valence-corrected chi connectivity index (χ1v) is 10.6. The average molecular weight is 455 g/mol. The van der Waals surface area contributed by atoms with Crippen molar-refractivity contribution in [3.63, 3.8) is 0 Å². The van der Waals surface area contributed by atoms with Gasteiger partial charge in [0.2, 0.25) is 5.91 Å². The third kappa shape index (κ3) is 6.08. The Hall–Kier alpha value is -3.38. The molecular weight excluding hydrogens is 431 g/mol. The summed E-state index contributed by atoms with van der Waals surface area (Å²) < 4.78 is 19.1. The summed E-state index contributed by atoms with van der Waals surface area (Å²) in [4.78, 5) is 27.8. The lowest BCUT2D eigenvalue weighted by atomic mass is 10.0. The van der Waals surface area contributed by atoms with E-state index >= 15 is 0 Å². The van der Waals surface area contributed by atoms with Crippen LogP contribution in [-0.2, 0) is 16.1 Å². The fourth-order valence-electron chi connectivity index (χ4n) is 3.27. The van der Waals surface area contributed by atoms with Crippen LogP contribution >= 0.6 is 11.6 Å². The number of carbonyl (C=O) groups excluding carboxylic acids is 2. The number of hydrogen-bond donors (Lipinski definition) is 1. The maximum Gasteiger partial charge on any atom is 0.261 e. The molecule has 0 fully saturated rings. The molecule has 3 rings (SSSR count). The molecule has 1 N–H and O–H groups in total. The van der Waals surface area contributed by atoms with Gasteiger partial charge in [0.1, 0.15) is 17.6 Å². The molecule has 0 saturated heterocycles. The van der Waals surface area contributed by atoms with Gasteiger partial charge in [-0.3, -0.25) is 9.59 Å². The molecule has 3 aromatic rings. The molecule has 2 amide bonds. The van der Waals surface area contributed by atoms with Crippen molar-refractivity contribution in [2.45, 2.75) is 19.5 Å². The van der Waals surface area contributed by atoms with Crippen LogP contribution in [0.15, 0.2) is 78.9 Å². The van der Waals surface area contributed by atoms with Crippen LogP contribution in [0.3, 0.4) is 0 Å². The Morgan fingerprint density at radius 1 is 1.00 bits per heavy atom. The number of benzene rings is 3. The molecule has 0 saturated carbocycles. The van der Waals surface area contributed by atoms with Crippen LogP contribution in [0.5, 0.6) is 5.75 Å². The highest BCUT2D eigenvalue weighted by atomic mass is 35.5. The Balaban J connectivity index is 1.93. The quantitative estimate of drug-likeness (QED) is 0.507. The summed E-state index contributed by atoms with van der Waals surface area (Å²) in [5, 5.41) is 3.19. The Labute approximate surface area is 191 Å². The summed E-state index contributed by atoms with van der Waals surface area (Å²) in [6.45, 7) is 2.01. The standard InChI is InChI=1S/C25H24ClFN2O3/c1-2-28-25(31)24(19-8-4-3-5-9-19)29(16-18-12-14-20(27)15-13-18)23(30)17-32-22-11-7-6-10-21(22)26/h3-15,24H,2,16-17H2,1H3,(H,28,31)/t24-/m1/s1. The van der Waals surface area contributed by atoms with E-state index in [-0.39, 0.29) is 24.9 Å². The molecule has 166 valence electrons. The predicted octanol–water partition coefficient (Wildman–Crippen LogP) is 4.76. The number of likely N-dealkylation sites (N-methyl/N-ethyl adjacent to an activating group) is 1. The van der Waals surface area contributed by atoms with Crippen LogP contribution in [0.4, 0.5) is 4.39 Å². The lowest BCUT2D eigenvalue weighted by Crippen LogP contribution is -2.45. The van der Waals surface area contributed by atoms with Gasteiger partial charge in [0.25, 0.3) is 5.91 Å². The maximum absolute atomic E-state index is 13.4. The summed E-state index contributed by atoms with van der Waals surface area (Å²) >= 11 is 6.13. The van der Waals surface area contributed by atoms with Crippen molar-refractivity contribution in [1.82, 2.24) is 10.2 Å². The van der Waals surface area contributed by atoms with E-state index in [1.54, 1.807) is 48.5 Å². The molecule has 0 aliphatic rings. The number of hydrogen-bond acceptors (Lipinski definition) is 3. The fraction of sp³-hybridized carbons (Fsp3) is 0.200. The molecule has 1 atom stereocenters. The third-order valence-electron chi connectivity index (χ3n) is 4.80. The number of ether oxygens (including phenoxy) is 1. The maximum atomic E-state index is 13.4. The minimum atomic E-state index is -0.886. The van der Waals surface area contributed by atoms with Gasteiger partial charge in [0, 0.05) is 13.1 Å². The van der Waals surface area contributed by atoms with E-state index in [9.17, 15) is 14.0 Å². The molecule has 3 aromatic carbocycles. The Morgan fingerprint density at radius 2 is 1.66 bits per heavy atom. The minimum Gasteiger partial charge on any atom is -0.482 e. The number of halogens is 2. The Kier molecular flexibility index (Phi) is 8.22. The van der Waals surface area contributed by atoms with Gasteiger partial charge in [0.05, 0.1) is 5.02 Å². The first kappa shape index (κ1) is 23.3. The second-order valence-electron chi connectivity index (χ2n) is 7.08. The van der Waals surface area contributed by atoms with Gasteiger partial charge in [-0.15, -0.1) is 0 Å². The molecule has 0 spiro atoms. The third-order valence-corrected chi connectivity index (χ3v) is 5.11. The van der Waals surface area contributed by atoms with E-state index in [1.807, 2.05) is 25.1 Å². The van der Waals surface area contributed by atoms with Crippen LogP contribution in [0.1, 0.15) is 24.1 Å². The highest BCUT2D eigenvalue weighted by Crippen LogP contribution is 2.26. The van der Waals surface area contributed by atoms with Gasteiger partial charge >= 0.3 is 0 Å². The normalized spacial score (nSPS) is 11.5. The van der Waals surface area contributed by atoms with Crippen LogP contribution in [0, 0.1) is 5.82 Å². The van der Waals surface area contributed by atoms with Crippen LogP contribution < -0.4 is 10.1 Å². The molecule has 32 heavy (non-hydrogen) atoms. The Morgan fingerprint density at radius 3 is 2.31 bits per heavy atom. The van der Waals surface area contributed by atoms with E-state index < -0.39 is 11.9 Å². The summed E-state index contributed by atoms with van der Waals surface area (Å²) in [5.41, 5.74) is 1.34. The van der Waals surface area contributed by atoms with Crippen LogP contribution in [-0.4, -0.2) is 29.9 Å². The van der Waals surface area contributed by atoms with Crippen molar-refractivity contribution < 1.29 is 18.7 Å². The van der Waals surface area contributed by atoms with Gasteiger partial charge in [0.15, 0.2) is 6.61 Å². The van der Waals surface area contributed by atoms with Crippen molar-refractivity contribution in [2.24, 2.45) is 0 Å². The summed E-state index contributed by atoms with van der Waals surface area (Å²) in [7, 11) is 0. The first-order valence-electron chi connectivity index (χ1n) is 10.2. The van der Waals surface area contributed by atoms with E-state index in [4.69, 9.17) is 16.3 Å². The molecule has 0 aliphatic carbocycles. The van der Waals surface area contributed by atoms with Crippen LogP contribution in [0.2, 0.25) is 5.02 Å². The minimum absolute atomic E-state index is 0.0989. The fourth-order valence-corrected chi connectivity index (χ4v) is 3.46. The molecular formula is C25H24ClFN2O3. The molecule has 0 unspecified atom stereocenters. The topological polar surface area (TPSA) is 58.6 Å². The second-order valence-corrected chi connectivity index (χ2v) is 7.48. The van der Waals surface area contributed by atoms with Crippen molar-refractivity contribution >= 4 is 23.4 Å². The number of para-hydroxylation sites is 1. The van der Waals surface area contributed by atoms with E-state index in [0.29, 0.717) is 28.4 Å². The molecule has 7 heteroatoms. The number of rotatable bonds is 9. The highest BCUT2D eigenvalue weighted by Gasteiger charge is 2.31. The average Bonchev–Trinajstić information content (AvgIpc) is 2.80. The highest BCUT2D eigenvalue weighted by molar-refractivity contribution is 6.32. The molecule has 0 bridgehead atoms. The molecule has 0 aliphatic heterocycles. The van der Waals surface area contributed by atoms with Gasteiger partial charge < -0.3 is 15.0 Å².